The molecule has 0 bridgehead atoms. The Labute approximate surface area is 141 Å². The molecular formula is C19H19O4P. The Hall–Kier alpha value is -1.74. The highest BCUT2D eigenvalue weighted by Crippen LogP contribution is 2.48. The van der Waals surface area contributed by atoms with Crippen LogP contribution in [0.5, 0.6) is 11.5 Å². The number of fused-ring (bicyclic) bond motifs is 3. The summed E-state index contributed by atoms with van der Waals surface area (Å²) < 4.78 is 22.1. The predicted molar refractivity (Wildman–Crippen MR) is 95.6 cm³/mol. The van der Waals surface area contributed by atoms with Crippen molar-refractivity contribution in [1.82, 2.24) is 0 Å². The fourth-order valence-corrected chi connectivity index (χ4v) is 5.06. The van der Waals surface area contributed by atoms with E-state index in [1.807, 2.05) is 0 Å². The summed E-state index contributed by atoms with van der Waals surface area (Å²) in [5.74, 6) is 1.88. The van der Waals surface area contributed by atoms with Gasteiger partial charge in [-0.3, -0.25) is 0 Å². The maximum Gasteiger partial charge on any atom is 0.120 e. The van der Waals surface area contributed by atoms with Gasteiger partial charge in [0.15, 0.2) is 0 Å². The third-order valence-electron chi connectivity index (χ3n) is 4.63. The summed E-state index contributed by atoms with van der Waals surface area (Å²) in [5, 5.41) is 5.42. The van der Waals surface area contributed by atoms with Gasteiger partial charge in [-0.25, -0.2) is 0 Å². The van der Waals surface area contributed by atoms with E-state index in [2.05, 4.69) is 43.1 Å². The van der Waals surface area contributed by atoms with E-state index in [0.717, 1.165) is 24.7 Å². The summed E-state index contributed by atoms with van der Waals surface area (Å²) in [5.41, 5.74) is 0. The molecule has 24 heavy (non-hydrogen) atoms. The summed E-state index contributed by atoms with van der Waals surface area (Å²) in [7, 11) is -0.372. The quantitative estimate of drug-likeness (QED) is 0.633. The molecule has 4 nitrogen and oxygen atoms in total. The van der Waals surface area contributed by atoms with Crippen LogP contribution in [0.15, 0.2) is 36.4 Å². The van der Waals surface area contributed by atoms with Crippen molar-refractivity contribution >= 4 is 28.5 Å². The first-order valence-corrected chi connectivity index (χ1v) is 10.1. The Morgan fingerprint density at radius 1 is 0.875 bits per heavy atom. The molecule has 0 aliphatic carbocycles. The molecule has 0 saturated carbocycles. The Kier molecular flexibility index (Phi) is 3.44. The van der Waals surface area contributed by atoms with Crippen molar-refractivity contribution < 1.29 is 18.9 Å². The fraction of sp³-hybridized carbons (Fsp3) is 0.368. The molecule has 2 saturated heterocycles. The average Bonchev–Trinajstić information content (AvgIpc) is 3.52. The molecule has 2 atom stereocenters. The smallest absolute Gasteiger partial charge is 0.120 e. The first-order chi connectivity index (χ1) is 11.8. The molecule has 2 unspecified atom stereocenters. The lowest BCUT2D eigenvalue weighted by Gasteiger charge is -2.04. The average molecular weight is 342 g/mol. The molecule has 1 aromatic heterocycles. The fourth-order valence-electron chi connectivity index (χ4n) is 3.05. The first kappa shape index (κ1) is 14.6. The normalized spacial score (nSPS) is 22.8. The lowest BCUT2D eigenvalue weighted by molar-refractivity contribution is 0.263. The van der Waals surface area contributed by atoms with Gasteiger partial charge in [0.1, 0.15) is 36.9 Å². The molecule has 0 amide bonds. The van der Waals surface area contributed by atoms with Gasteiger partial charge in [0.25, 0.3) is 0 Å². The summed E-state index contributed by atoms with van der Waals surface area (Å²) in [6.07, 6.45) is 0.572. The number of hydrogen-bond acceptors (Lipinski definition) is 4. The van der Waals surface area contributed by atoms with E-state index in [1.165, 1.54) is 21.0 Å². The third-order valence-corrected chi connectivity index (χ3v) is 6.81. The number of epoxide rings is 2. The van der Waals surface area contributed by atoms with Crippen molar-refractivity contribution in [3.8, 4) is 11.5 Å². The zero-order chi connectivity index (χ0) is 16.1. The van der Waals surface area contributed by atoms with E-state index in [-0.39, 0.29) is 19.7 Å². The Morgan fingerprint density at radius 2 is 1.33 bits per heavy atom. The standard InChI is InChI=1S/C19H19O4P/c1-24-18-6-12(20-8-14-10-22-14)2-4-16(18)17-5-3-13(7-19(17)24)21-9-15-11-23-15/h2-7,14-15H,8-11H2,1H3. The lowest BCUT2D eigenvalue weighted by Crippen LogP contribution is -2.03. The number of benzene rings is 2. The van der Waals surface area contributed by atoms with Crippen molar-refractivity contribution in [3.63, 3.8) is 0 Å². The minimum Gasteiger partial charge on any atom is -0.491 e. The number of hydrogen-bond donors (Lipinski definition) is 0. The largest absolute Gasteiger partial charge is 0.491 e. The van der Waals surface area contributed by atoms with Crippen LogP contribution in [0, 0.1) is 0 Å². The molecule has 3 aromatic rings. The zero-order valence-corrected chi connectivity index (χ0v) is 14.4. The highest BCUT2D eigenvalue weighted by Gasteiger charge is 2.24. The van der Waals surface area contributed by atoms with Gasteiger partial charge >= 0.3 is 0 Å². The molecular weight excluding hydrogens is 323 g/mol. The molecule has 2 aliphatic rings. The number of aryl methyl sites for hydroxylation is 1. The van der Waals surface area contributed by atoms with E-state index in [1.54, 1.807) is 0 Å². The van der Waals surface area contributed by atoms with Gasteiger partial charge in [-0.1, -0.05) is 0 Å². The van der Waals surface area contributed by atoms with Crippen LogP contribution in [0.2, 0.25) is 0 Å². The second-order valence-electron chi connectivity index (χ2n) is 6.45. The SMILES string of the molecule is Cp1c2cc(OCC3CO3)ccc2c2ccc(OCC3CO3)cc21. The van der Waals surface area contributed by atoms with Crippen molar-refractivity contribution in [2.24, 2.45) is 6.66 Å². The van der Waals surface area contributed by atoms with Gasteiger partial charge in [-0.15, -0.1) is 7.53 Å². The highest BCUT2D eigenvalue weighted by atomic mass is 31.1. The molecule has 2 aliphatic heterocycles. The summed E-state index contributed by atoms with van der Waals surface area (Å²) >= 11 is 0. The van der Waals surface area contributed by atoms with Crippen LogP contribution in [-0.2, 0) is 16.1 Å². The number of ether oxygens (including phenoxy) is 4. The molecule has 5 rings (SSSR count). The van der Waals surface area contributed by atoms with Crippen LogP contribution < -0.4 is 9.47 Å². The topological polar surface area (TPSA) is 43.5 Å². The predicted octanol–water partition coefficient (Wildman–Crippen LogP) is 4.07. The van der Waals surface area contributed by atoms with E-state index in [4.69, 9.17) is 18.9 Å². The van der Waals surface area contributed by atoms with Crippen LogP contribution in [0.4, 0.5) is 0 Å². The molecule has 5 heteroatoms. The van der Waals surface area contributed by atoms with Crippen molar-refractivity contribution in [3.05, 3.63) is 36.4 Å². The zero-order valence-electron chi connectivity index (χ0n) is 13.5. The van der Waals surface area contributed by atoms with Gasteiger partial charge < -0.3 is 18.9 Å². The third kappa shape index (κ3) is 2.75. The second-order valence-corrected chi connectivity index (χ2v) is 8.53. The Bertz CT molecular complexity index is 835. The summed E-state index contributed by atoms with van der Waals surface area (Å²) in [4.78, 5) is 0. The molecule has 2 fully saturated rings. The van der Waals surface area contributed by atoms with Crippen LogP contribution in [0.1, 0.15) is 0 Å². The summed E-state index contributed by atoms with van der Waals surface area (Å²) in [6.45, 7) is 5.25. The first-order valence-electron chi connectivity index (χ1n) is 8.29. The van der Waals surface area contributed by atoms with Gasteiger partial charge in [0.05, 0.1) is 13.2 Å². The maximum absolute atomic E-state index is 5.84. The van der Waals surface area contributed by atoms with Crippen LogP contribution >= 0.6 is 7.53 Å². The van der Waals surface area contributed by atoms with Gasteiger partial charge in [0, 0.05) is 10.2 Å². The van der Waals surface area contributed by atoms with Gasteiger partial charge in [-0.2, -0.15) is 0 Å². The van der Waals surface area contributed by atoms with E-state index in [0.29, 0.717) is 13.2 Å². The van der Waals surface area contributed by atoms with E-state index in [9.17, 15) is 0 Å². The lowest BCUT2D eigenvalue weighted by atomic mass is 10.1. The van der Waals surface area contributed by atoms with Crippen LogP contribution in [0.3, 0.4) is 0 Å². The molecule has 2 aromatic carbocycles. The van der Waals surface area contributed by atoms with E-state index >= 15 is 0 Å². The Morgan fingerprint density at radius 3 is 1.75 bits per heavy atom. The molecule has 0 N–H and O–H groups in total. The second kappa shape index (κ2) is 5.66. The Balaban J connectivity index is 1.49. The van der Waals surface area contributed by atoms with Gasteiger partial charge in [0.2, 0.25) is 0 Å². The maximum atomic E-state index is 5.84. The van der Waals surface area contributed by atoms with Crippen LogP contribution in [0.25, 0.3) is 21.0 Å². The van der Waals surface area contributed by atoms with Gasteiger partial charge in [-0.05, 0) is 53.8 Å². The molecule has 124 valence electrons. The molecule has 0 radical (unpaired) electrons. The van der Waals surface area contributed by atoms with Crippen molar-refractivity contribution in [2.75, 3.05) is 26.4 Å². The highest BCUT2D eigenvalue weighted by molar-refractivity contribution is 7.59. The monoisotopic (exact) mass is 342 g/mol. The summed E-state index contributed by atoms with van der Waals surface area (Å²) in [6, 6.07) is 12.9. The number of rotatable bonds is 6. The molecule has 0 spiro atoms. The van der Waals surface area contributed by atoms with E-state index < -0.39 is 0 Å². The molecule has 3 heterocycles. The minimum atomic E-state index is -0.372. The van der Waals surface area contributed by atoms with Crippen molar-refractivity contribution in [1.29, 1.82) is 0 Å². The minimum absolute atomic E-state index is 0.286. The van der Waals surface area contributed by atoms with Crippen LogP contribution in [-0.4, -0.2) is 38.6 Å². The van der Waals surface area contributed by atoms with Crippen molar-refractivity contribution in [2.45, 2.75) is 12.2 Å².